The molecule has 0 bridgehead atoms. The Labute approximate surface area is 169 Å². The van der Waals surface area contributed by atoms with Gasteiger partial charge in [0.1, 0.15) is 11.5 Å². The summed E-state index contributed by atoms with van der Waals surface area (Å²) < 4.78 is 10.4. The maximum atomic E-state index is 12.1. The van der Waals surface area contributed by atoms with Crippen molar-refractivity contribution in [3.8, 4) is 11.5 Å². The summed E-state index contributed by atoms with van der Waals surface area (Å²) in [6.07, 6.45) is 2.96. The number of hydrogen-bond acceptors (Lipinski definition) is 6. The summed E-state index contributed by atoms with van der Waals surface area (Å²) >= 11 is 0. The molecule has 0 saturated carbocycles. The lowest BCUT2D eigenvalue weighted by atomic mass is 10.2. The molecule has 2 aromatic carbocycles. The van der Waals surface area contributed by atoms with Crippen LogP contribution in [0, 0.1) is 0 Å². The first-order valence-electron chi connectivity index (χ1n) is 9.29. The summed E-state index contributed by atoms with van der Waals surface area (Å²) in [6, 6.07) is 12.8. The molecule has 0 atom stereocenters. The fraction of sp³-hybridized carbons (Fsp3) is 0.286. The van der Waals surface area contributed by atoms with Crippen LogP contribution in [0.15, 0.2) is 47.6 Å². The zero-order chi connectivity index (χ0) is 20.6. The predicted molar refractivity (Wildman–Crippen MR) is 112 cm³/mol. The van der Waals surface area contributed by atoms with Crippen molar-refractivity contribution in [2.45, 2.75) is 12.8 Å². The molecule has 0 aromatic heterocycles. The van der Waals surface area contributed by atoms with Crippen LogP contribution < -0.4 is 25.1 Å². The highest BCUT2D eigenvalue weighted by Gasteiger charge is 2.21. The van der Waals surface area contributed by atoms with Gasteiger partial charge in [-0.1, -0.05) is 6.07 Å². The second kappa shape index (κ2) is 9.59. The molecule has 2 N–H and O–H groups in total. The van der Waals surface area contributed by atoms with Crippen LogP contribution in [0.3, 0.4) is 0 Å². The van der Waals surface area contributed by atoms with Gasteiger partial charge in [0.15, 0.2) is 0 Å². The third kappa shape index (κ3) is 5.25. The van der Waals surface area contributed by atoms with Crippen molar-refractivity contribution in [3.63, 3.8) is 0 Å². The van der Waals surface area contributed by atoms with Crippen molar-refractivity contribution < 1.29 is 19.1 Å². The Morgan fingerprint density at radius 2 is 2.07 bits per heavy atom. The van der Waals surface area contributed by atoms with Crippen molar-refractivity contribution in [2.75, 3.05) is 37.5 Å². The number of nitrogens with zero attached hydrogens (tertiary/aromatic N) is 2. The molecule has 1 saturated heterocycles. The maximum Gasteiger partial charge on any atom is 0.259 e. The van der Waals surface area contributed by atoms with Gasteiger partial charge in [-0.25, -0.2) is 5.43 Å². The van der Waals surface area contributed by atoms with E-state index < -0.39 is 0 Å². The Bertz CT molecular complexity index is 913. The van der Waals surface area contributed by atoms with Gasteiger partial charge in [-0.15, -0.1) is 0 Å². The van der Waals surface area contributed by atoms with E-state index >= 15 is 0 Å². The van der Waals surface area contributed by atoms with Crippen LogP contribution in [-0.4, -0.2) is 45.3 Å². The van der Waals surface area contributed by atoms with E-state index in [-0.39, 0.29) is 18.4 Å². The van der Waals surface area contributed by atoms with Crippen LogP contribution in [0.25, 0.3) is 0 Å². The molecule has 8 heteroatoms. The molecule has 29 heavy (non-hydrogen) atoms. The van der Waals surface area contributed by atoms with E-state index in [4.69, 9.17) is 9.47 Å². The lowest BCUT2D eigenvalue weighted by Crippen LogP contribution is -2.26. The minimum atomic E-state index is -0.295. The van der Waals surface area contributed by atoms with Crippen LogP contribution in [0.5, 0.6) is 11.5 Å². The van der Waals surface area contributed by atoms with E-state index in [9.17, 15) is 9.59 Å². The van der Waals surface area contributed by atoms with Crippen molar-refractivity contribution >= 4 is 29.4 Å². The van der Waals surface area contributed by atoms with Crippen molar-refractivity contribution in [1.29, 1.82) is 0 Å². The molecule has 2 aromatic rings. The fourth-order valence-electron chi connectivity index (χ4n) is 3.03. The molecule has 152 valence electrons. The molecule has 8 nitrogen and oxygen atoms in total. The van der Waals surface area contributed by atoms with E-state index in [0.29, 0.717) is 23.5 Å². The molecule has 0 spiro atoms. The molecule has 3 rings (SSSR count). The van der Waals surface area contributed by atoms with Crippen molar-refractivity contribution in [3.05, 3.63) is 48.0 Å². The van der Waals surface area contributed by atoms with Gasteiger partial charge in [0.05, 0.1) is 27.0 Å². The number of ether oxygens (including phenoxy) is 2. The topological polar surface area (TPSA) is 92.3 Å². The second-order valence-electron chi connectivity index (χ2n) is 6.45. The minimum absolute atomic E-state index is 0.0501. The number of amides is 2. The molecule has 1 heterocycles. The standard InChI is InChI=1S/C21H24N4O4/c1-28-18-9-8-15(19(12-18)29-2)13-23-24-20(26)14-22-16-5-3-6-17(11-16)25-10-4-7-21(25)27/h3,5-6,8-9,11-13,22H,4,7,10,14H2,1-2H3,(H,24,26)/b23-13+. The molecule has 0 unspecified atom stereocenters. The summed E-state index contributed by atoms with van der Waals surface area (Å²) in [5.74, 6) is 1.10. The second-order valence-corrected chi connectivity index (χ2v) is 6.45. The van der Waals surface area contributed by atoms with E-state index in [1.54, 1.807) is 37.3 Å². The maximum absolute atomic E-state index is 12.1. The van der Waals surface area contributed by atoms with Crippen LogP contribution in [-0.2, 0) is 9.59 Å². The highest BCUT2D eigenvalue weighted by molar-refractivity contribution is 5.95. The molecule has 1 fully saturated rings. The SMILES string of the molecule is COc1ccc(/C=N/NC(=O)CNc2cccc(N3CCCC3=O)c2)c(OC)c1. The Morgan fingerprint density at radius 3 is 2.79 bits per heavy atom. The van der Waals surface area contributed by atoms with Gasteiger partial charge in [0, 0.05) is 36.0 Å². The number of carbonyl (C=O) groups is 2. The van der Waals surface area contributed by atoms with Crippen molar-refractivity contribution in [1.82, 2.24) is 5.43 Å². The number of anilines is 2. The lowest BCUT2D eigenvalue weighted by Gasteiger charge is -2.16. The molecule has 1 aliphatic rings. The van der Waals surface area contributed by atoms with Gasteiger partial charge in [-0.05, 0) is 36.8 Å². The van der Waals surface area contributed by atoms with Crippen LogP contribution in [0.2, 0.25) is 0 Å². The number of hydrogen-bond donors (Lipinski definition) is 2. The summed E-state index contributed by atoms with van der Waals surface area (Å²) in [5, 5.41) is 7.01. The lowest BCUT2D eigenvalue weighted by molar-refractivity contribution is -0.119. The molecule has 2 amide bonds. The van der Waals surface area contributed by atoms with E-state index in [1.807, 2.05) is 24.3 Å². The van der Waals surface area contributed by atoms with Gasteiger partial charge < -0.3 is 19.7 Å². The van der Waals surface area contributed by atoms with Gasteiger partial charge in [-0.3, -0.25) is 9.59 Å². The van der Waals surface area contributed by atoms with Crippen LogP contribution in [0.4, 0.5) is 11.4 Å². The Morgan fingerprint density at radius 1 is 1.21 bits per heavy atom. The first-order valence-corrected chi connectivity index (χ1v) is 9.29. The smallest absolute Gasteiger partial charge is 0.259 e. The van der Waals surface area contributed by atoms with Gasteiger partial charge in [0.25, 0.3) is 5.91 Å². The Balaban J connectivity index is 1.53. The first kappa shape index (κ1) is 20.2. The number of methoxy groups -OCH3 is 2. The fourth-order valence-corrected chi connectivity index (χ4v) is 3.03. The number of benzene rings is 2. The van der Waals surface area contributed by atoms with Gasteiger partial charge in [-0.2, -0.15) is 5.10 Å². The Kier molecular flexibility index (Phi) is 6.67. The van der Waals surface area contributed by atoms with Crippen LogP contribution in [0.1, 0.15) is 18.4 Å². The van der Waals surface area contributed by atoms with E-state index in [2.05, 4.69) is 15.8 Å². The molecule has 1 aliphatic heterocycles. The molecular weight excluding hydrogens is 372 g/mol. The summed E-state index contributed by atoms with van der Waals surface area (Å²) in [5.41, 5.74) is 4.79. The monoisotopic (exact) mass is 396 g/mol. The third-order valence-corrected chi connectivity index (χ3v) is 4.52. The molecular formula is C21H24N4O4. The van der Waals surface area contributed by atoms with E-state index in [1.165, 1.54) is 6.21 Å². The summed E-state index contributed by atoms with van der Waals surface area (Å²) in [7, 11) is 3.13. The minimum Gasteiger partial charge on any atom is -0.497 e. The third-order valence-electron chi connectivity index (χ3n) is 4.52. The van der Waals surface area contributed by atoms with Gasteiger partial charge >= 0.3 is 0 Å². The number of carbonyl (C=O) groups excluding carboxylic acids is 2. The highest BCUT2D eigenvalue weighted by atomic mass is 16.5. The predicted octanol–water partition coefficient (Wildman–Crippen LogP) is 2.39. The quantitative estimate of drug-likeness (QED) is 0.528. The number of nitrogens with one attached hydrogen (secondary N) is 2. The normalized spacial score (nSPS) is 13.6. The average Bonchev–Trinajstić information content (AvgIpc) is 3.18. The number of hydrazone groups is 1. The molecule has 0 radical (unpaired) electrons. The molecule has 0 aliphatic carbocycles. The zero-order valence-electron chi connectivity index (χ0n) is 16.5. The van der Waals surface area contributed by atoms with Crippen LogP contribution >= 0.6 is 0 Å². The van der Waals surface area contributed by atoms with E-state index in [0.717, 1.165) is 24.3 Å². The Hall–Kier alpha value is -3.55. The average molecular weight is 396 g/mol. The summed E-state index contributed by atoms with van der Waals surface area (Å²) in [4.78, 5) is 25.7. The highest BCUT2D eigenvalue weighted by Crippen LogP contribution is 2.24. The summed E-state index contributed by atoms with van der Waals surface area (Å²) in [6.45, 7) is 0.779. The number of rotatable bonds is 8. The zero-order valence-corrected chi connectivity index (χ0v) is 16.5. The largest absolute Gasteiger partial charge is 0.497 e. The van der Waals surface area contributed by atoms with Gasteiger partial charge in [0.2, 0.25) is 5.91 Å². The first-order chi connectivity index (χ1) is 14.1. The van der Waals surface area contributed by atoms with Crippen molar-refractivity contribution in [2.24, 2.45) is 5.10 Å².